The first-order chi connectivity index (χ1) is 12.1. The van der Waals surface area contributed by atoms with Crippen molar-refractivity contribution < 1.29 is 4.74 Å². The zero-order valence-corrected chi connectivity index (χ0v) is 14.3. The molecule has 0 aliphatic heterocycles. The van der Waals surface area contributed by atoms with Crippen LogP contribution in [-0.2, 0) is 6.61 Å². The second-order valence-electron chi connectivity index (χ2n) is 5.88. The number of hydrogen-bond acceptors (Lipinski definition) is 3. The second-order valence-corrected chi connectivity index (χ2v) is 5.88. The summed E-state index contributed by atoms with van der Waals surface area (Å²) in [5, 5.41) is 4.33. The van der Waals surface area contributed by atoms with Crippen LogP contribution in [0, 0.1) is 13.8 Å². The molecule has 2 aromatic carbocycles. The van der Waals surface area contributed by atoms with E-state index in [9.17, 15) is 4.79 Å². The summed E-state index contributed by atoms with van der Waals surface area (Å²) in [6.07, 6.45) is 1.66. The molecule has 4 heteroatoms. The van der Waals surface area contributed by atoms with Crippen molar-refractivity contribution in [2.24, 2.45) is 5.10 Å². The second kappa shape index (κ2) is 7.62. The first kappa shape index (κ1) is 16.7. The van der Waals surface area contributed by atoms with Crippen molar-refractivity contribution in [2.45, 2.75) is 20.5 Å². The molecule has 0 N–H and O–H groups in total. The van der Waals surface area contributed by atoms with Gasteiger partial charge in [0, 0.05) is 17.3 Å². The molecule has 0 saturated heterocycles. The quantitative estimate of drug-likeness (QED) is 0.665. The minimum Gasteiger partial charge on any atom is -0.488 e. The molecule has 0 spiro atoms. The Balaban J connectivity index is 1.83. The molecule has 0 aliphatic rings. The number of rotatable bonds is 5. The molecule has 4 nitrogen and oxygen atoms in total. The van der Waals surface area contributed by atoms with Crippen LogP contribution in [0.2, 0.25) is 0 Å². The van der Waals surface area contributed by atoms with Gasteiger partial charge in [-0.1, -0.05) is 42.5 Å². The van der Waals surface area contributed by atoms with Gasteiger partial charge < -0.3 is 4.74 Å². The summed E-state index contributed by atoms with van der Waals surface area (Å²) in [5.41, 5.74) is 3.51. The van der Waals surface area contributed by atoms with Crippen molar-refractivity contribution in [1.82, 2.24) is 4.68 Å². The lowest BCUT2D eigenvalue weighted by atomic mass is 10.2. The Morgan fingerprint density at radius 2 is 1.72 bits per heavy atom. The van der Waals surface area contributed by atoms with E-state index >= 15 is 0 Å². The number of hydrogen-bond donors (Lipinski definition) is 0. The van der Waals surface area contributed by atoms with Gasteiger partial charge in [0.05, 0.1) is 6.21 Å². The van der Waals surface area contributed by atoms with E-state index in [1.165, 1.54) is 4.68 Å². The molecule has 25 heavy (non-hydrogen) atoms. The lowest BCUT2D eigenvalue weighted by Gasteiger charge is -2.09. The summed E-state index contributed by atoms with van der Waals surface area (Å²) in [7, 11) is 0. The summed E-state index contributed by atoms with van der Waals surface area (Å²) in [6, 6.07) is 21.1. The van der Waals surface area contributed by atoms with Crippen molar-refractivity contribution in [1.29, 1.82) is 0 Å². The number of para-hydroxylation sites is 1. The molecule has 0 unspecified atom stereocenters. The van der Waals surface area contributed by atoms with E-state index in [0.717, 1.165) is 28.1 Å². The van der Waals surface area contributed by atoms with Crippen LogP contribution in [0.4, 0.5) is 0 Å². The molecule has 0 atom stereocenters. The van der Waals surface area contributed by atoms with Gasteiger partial charge in [0.2, 0.25) is 0 Å². The summed E-state index contributed by atoms with van der Waals surface area (Å²) in [6.45, 7) is 4.24. The molecule has 0 saturated carbocycles. The fourth-order valence-electron chi connectivity index (χ4n) is 2.58. The highest BCUT2D eigenvalue weighted by Crippen LogP contribution is 2.17. The minimum absolute atomic E-state index is 0.142. The summed E-state index contributed by atoms with van der Waals surface area (Å²) < 4.78 is 7.30. The molecule has 0 aliphatic carbocycles. The first-order valence-electron chi connectivity index (χ1n) is 8.14. The van der Waals surface area contributed by atoms with Crippen LogP contribution in [-0.4, -0.2) is 10.9 Å². The predicted molar refractivity (Wildman–Crippen MR) is 100 cm³/mol. The van der Waals surface area contributed by atoms with E-state index in [2.05, 4.69) is 5.10 Å². The molecular weight excluding hydrogens is 312 g/mol. The standard InChI is InChI=1S/C21H20N2O2/c1-16-12-17(2)23(21(24)13-16)22-14-19-10-6-7-11-20(19)25-15-18-8-4-3-5-9-18/h3-14H,15H2,1-2H3. The summed E-state index contributed by atoms with van der Waals surface area (Å²) >= 11 is 0. The van der Waals surface area contributed by atoms with E-state index in [1.807, 2.05) is 74.5 Å². The van der Waals surface area contributed by atoms with Crippen molar-refractivity contribution in [2.75, 3.05) is 0 Å². The third kappa shape index (κ3) is 4.23. The maximum absolute atomic E-state index is 12.1. The topological polar surface area (TPSA) is 43.6 Å². The summed E-state index contributed by atoms with van der Waals surface area (Å²) in [4.78, 5) is 12.1. The van der Waals surface area contributed by atoms with Crippen LogP contribution in [0.3, 0.4) is 0 Å². The SMILES string of the molecule is Cc1cc(C)n(N=Cc2ccccc2OCc2ccccc2)c(=O)c1. The molecule has 3 rings (SSSR count). The number of aryl methyl sites for hydroxylation is 2. The monoisotopic (exact) mass is 332 g/mol. The van der Waals surface area contributed by atoms with E-state index < -0.39 is 0 Å². The van der Waals surface area contributed by atoms with Gasteiger partial charge in [0.15, 0.2) is 0 Å². The zero-order chi connectivity index (χ0) is 17.6. The fraction of sp³-hybridized carbons (Fsp3) is 0.143. The molecule has 0 bridgehead atoms. The van der Waals surface area contributed by atoms with Crippen molar-refractivity contribution in [3.8, 4) is 5.75 Å². The Kier molecular flexibility index (Phi) is 5.09. The van der Waals surface area contributed by atoms with Gasteiger partial charge in [-0.3, -0.25) is 4.79 Å². The van der Waals surface area contributed by atoms with Crippen molar-refractivity contribution >= 4 is 6.21 Å². The van der Waals surface area contributed by atoms with Crippen LogP contribution in [0.1, 0.15) is 22.4 Å². The Hall–Kier alpha value is -3.14. The van der Waals surface area contributed by atoms with E-state index in [0.29, 0.717) is 6.61 Å². The number of nitrogens with zero attached hydrogens (tertiary/aromatic N) is 2. The van der Waals surface area contributed by atoms with Crippen LogP contribution in [0.5, 0.6) is 5.75 Å². The van der Waals surface area contributed by atoms with Crippen LogP contribution in [0.25, 0.3) is 0 Å². The van der Waals surface area contributed by atoms with Gasteiger partial charge in [-0.15, -0.1) is 0 Å². The summed E-state index contributed by atoms with van der Waals surface area (Å²) in [5.74, 6) is 0.730. The highest BCUT2D eigenvalue weighted by atomic mass is 16.5. The van der Waals surface area contributed by atoms with Gasteiger partial charge in [-0.25, -0.2) is 4.68 Å². The van der Waals surface area contributed by atoms with Crippen LogP contribution < -0.4 is 10.3 Å². The highest BCUT2D eigenvalue weighted by Gasteiger charge is 2.03. The molecular formula is C21H20N2O2. The molecule has 0 radical (unpaired) electrons. The van der Waals surface area contributed by atoms with Crippen molar-refractivity contribution in [3.05, 3.63) is 99.5 Å². The van der Waals surface area contributed by atoms with E-state index in [4.69, 9.17) is 4.74 Å². The Labute approximate surface area is 147 Å². The van der Waals surface area contributed by atoms with Crippen LogP contribution >= 0.6 is 0 Å². The smallest absolute Gasteiger partial charge is 0.271 e. The van der Waals surface area contributed by atoms with Gasteiger partial charge >= 0.3 is 0 Å². The molecule has 1 aromatic heterocycles. The molecule has 3 aromatic rings. The average Bonchev–Trinajstić information content (AvgIpc) is 2.61. The highest BCUT2D eigenvalue weighted by molar-refractivity contribution is 5.83. The number of aromatic nitrogens is 1. The van der Waals surface area contributed by atoms with Gasteiger partial charge in [-0.05, 0) is 43.2 Å². The third-order valence-corrected chi connectivity index (χ3v) is 3.80. The Bertz CT molecular complexity index is 944. The van der Waals surface area contributed by atoms with E-state index in [-0.39, 0.29) is 5.56 Å². The zero-order valence-electron chi connectivity index (χ0n) is 14.3. The Morgan fingerprint density at radius 3 is 2.48 bits per heavy atom. The normalized spacial score (nSPS) is 11.0. The van der Waals surface area contributed by atoms with Gasteiger partial charge in [-0.2, -0.15) is 5.10 Å². The average molecular weight is 332 g/mol. The fourth-order valence-corrected chi connectivity index (χ4v) is 2.58. The molecule has 1 heterocycles. The lowest BCUT2D eigenvalue weighted by molar-refractivity contribution is 0.306. The molecule has 0 amide bonds. The largest absolute Gasteiger partial charge is 0.488 e. The molecule has 126 valence electrons. The molecule has 0 fully saturated rings. The maximum atomic E-state index is 12.1. The lowest BCUT2D eigenvalue weighted by Crippen LogP contribution is -2.18. The minimum atomic E-state index is -0.142. The van der Waals surface area contributed by atoms with Gasteiger partial charge in [0.25, 0.3) is 5.56 Å². The van der Waals surface area contributed by atoms with E-state index in [1.54, 1.807) is 12.3 Å². The van der Waals surface area contributed by atoms with Gasteiger partial charge in [0.1, 0.15) is 12.4 Å². The number of ether oxygens (including phenoxy) is 1. The number of pyridine rings is 1. The van der Waals surface area contributed by atoms with Crippen LogP contribution in [0.15, 0.2) is 76.6 Å². The maximum Gasteiger partial charge on any atom is 0.271 e. The first-order valence-corrected chi connectivity index (χ1v) is 8.14. The Morgan fingerprint density at radius 1 is 1.00 bits per heavy atom. The third-order valence-electron chi connectivity index (χ3n) is 3.80. The van der Waals surface area contributed by atoms with Crippen molar-refractivity contribution in [3.63, 3.8) is 0 Å². The number of benzene rings is 2. The predicted octanol–water partition coefficient (Wildman–Crippen LogP) is 3.93.